The molecule has 0 spiro atoms. The van der Waals surface area contributed by atoms with E-state index in [0.717, 1.165) is 30.2 Å². The van der Waals surface area contributed by atoms with Gasteiger partial charge in [-0.25, -0.2) is 0 Å². The molecule has 0 saturated heterocycles. The summed E-state index contributed by atoms with van der Waals surface area (Å²) >= 11 is 0. The SMILES string of the molecule is CCOCOc1c(CNCC(C)C)cccc1OC. The van der Waals surface area contributed by atoms with Gasteiger partial charge in [0.1, 0.15) is 0 Å². The first-order valence-electron chi connectivity index (χ1n) is 6.76. The minimum atomic E-state index is 0.244. The molecule has 0 unspecified atom stereocenters. The Kier molecular flexibility index (Phi) is 7.30. The quantitative estimate of drug-likeness (QED) is 0.551. The molecule has 1 aromatic rings. The highest BCUT2D eigenvalue weighted by molar-refractivity contribution is 5.46. The molecule has 4 nitrogen and oxygen atoms in total. The van der Waals surface area contributed by atoms with E-state index < -0.39 is 0 Å². The predicted molar refractivity (Wildman–Crippen MR) is 76.7 cm³/mol. The van der Waals surface area contributed by atoms with Crippen LogP contribution in [0.4, 0.5) is 0 Å². The Morgan fingerprint density at radius 2 is 2.05 bits per heavy atom. The van der Waals surface area contributed by atoms with Crippen molar-refractivity contribution in [3.8, 4) is 11.5 Å². The van der Waals surface area contributed by atoms with E-state index in [2.05, 4.69) is 19.2 Å². The lowest BCUT2D eigenvalue weighted by Gasteiger charge is -2.15. The Balaban J connectivity index is 2.71. The maximum atomic E-state index is 5.67. The predicted octanol–water partition coefficient (Wildman–Crippen LogP) is 2.81. The van der Waals surface area contributed by atoms with Gasteiger partial charge in [-0.3, -0.25) is 0 Å². The zero-order chi connectivity index (χ0) is 14.1. The van der Waals surface area contributed by atoms with Crippen LogP contribution in [0.3, 0.4) is 0 Å². The largest absolute Gasteiger partial charge is 0.493 e. The lowest BCUT2D eigenvalue weighted by atomic mass is 10.1. The summed E-state index contributed by atoms with van der Waals surface area (Å²) in [4.78, 5) is 0. The minimum absolute atomic E-state index is 0.244. The smallest absolute Gasteiger partial charge is 0.189 e. The number of nitrogens with one attached hydrogen (secondary N) is 1. The van der Waals surface area contributed by atoms with Crippen molar-refractivity contribution in [2.75, 3.05) is 27.1 Å². The van der Waals surface area contributed by atoms with Crippen molar-refractivity contribution in [2.45, 2.75) is 27.3 Å². The highest BCUT2D eigenvalue weighted by Gasteiger charge is 2.10. The average molecular weight is 267 g/mol. The van der Waals surface area contributed by atoms with Gasteiger partial charge in [-0.2, -0.15) is 0 Å². The first-order chi connectivity index (χ1) is 9.19. The molecule has 0 fully saturated rings. The van der Waals surface area contributed by atoms with Crippen LogP contribution in [0.5, 0.6) is 11.5 Å². The zero-order valence-electron chi connectivity index (χ0n) is 12.4. The standard InChI is InChI=1S/C15H25NO3/c1-5-18-11-19-15-13(10-16-9-12(2)3)7-6-8-14(15)17-4/h6-8,12,16H,5,9-11H2,1-4H3. The lowest BCUT2D eigenvalue weighted by Crippen LogP contribution is -2.19. The molecule has 1 N–H and O–H groups in total. The fourth-order valence-electron chi connectivity index (χ4n) is 1.70. The summed E-state index contributed by atoms with van der Waals surface area (Å²) in [7, 11) is 1.65. The van der Waals surface area contributed by atoms with E-state index in [1.165, 1.54) is 0 Å². The van der Waals surface area contributed by atoms with Crippen LogP contribution >= 0.6 is 0 Å². The third-order valence-electron chi connectivity index (χ3n) is 2.64. The van der Waals surface area contributed by atoms with Crippen molar-refractivity contribution < 1.29 is 14.2 Å². The Morgan fingerprint density at radius 3 is 2.68 bits per heavy atom. The monoisotopic (exact) mass is 267 g/mol. The number of methoxy groups -OCH3 is 1. The normalized spacial score (nSPS) is 10.8. The van der Waals surface area contributed by atoms with Crippen LogP contribution in [-0.4, -0.2) is 27.1 Å². The molecule has 0 aliphatic rings. The Hall–Kier alpha value is -1.26. The van der Waals surface area contributed by atoms with E-state index in [1.54, 1.807) is 7.11 Å². The summed E-state index contributed by atoms with van der Waals surface area (Å²) in [6, 6.07) is 5.91. The van der Waals surface area contributed by atoms with Crippen LogP contribution in [0, 0.1) is 5.92 Å². The van der Waals surface area contributed by atoms with Crippen LogP contribution in [0.2, 0.25) is 0 Å². The van der Waals surface area contributed by atoms with Gasteiger partial charge < -0.3 is 19.5 Å². The molecule has 0 aliphatic heterocycles. The van der Waals surface area contributed by atoms with E-state index in [4.69, 9.17) is 14.2 Å². The first kappa shape index (κ1) is 15.8. The first-order valence-corrected chi connectivity index (χ1v) is 6.76. The van der Waals surface area contributed by atoms with E-state index in [0.29, 0.717) is 12.5 Å². The summed E-state index contributed by atoms with van der Waals surface area (Å²) in [5.74, 6) is 2.12. The van der Waals surface area contributed by atoms with Crippen LogP contribution < -0.4 is 14.8 Å². The number of ether oxygens (including phenoxy) is 3. The Labute approximate surface area is 116 Å². The zero-order valence-corrected chi connectivity index (χ0v) is 12.4. The summed E-state index contributed by atoms with van der Waals surface area (Å²) < 4.78 is 16.2. The topological polar surface area (TPSA) is 39.7 Å². The van der Waals surface area contributed by atoms with Crippen molar-refractivity contribution in [3.63, 3.8) is 0 Å². The Morgan fingerprint density at radius 1 is 1.26 bits per heavy atom. The molecular formula is C15H25NO3. The molecule has 0 radical (unpaired) electrons. The van der Waals surface area contributed by atoms with E-state index >= 15 is 0 Å². The van der Waals surface area contributed by atoms with E-state index in [1.807, 2.05) is 25.1 Å². The van der Waals surface area contributed by atoms with Gasteiger partial charge in [-0.05, 0) is 25.5 Å². The van der Waals surface area contributed by atoms with Crippen LogP contribution in [0.15, 0.2) is 18.2 Å². The summed E-state index contributed by atoms with van der Waals surface area (Å²) in [5.41, 5.74) is 1.08. The molecule has 0 amide bonds. The molecule has 1 rings (SSSR count). The van der Waals surface area contributed by atoms with E-state index in [-0.39, 0.29) is 6.79 Å². The highest BCUT2D eigenvalue weighted by Crippen LogP contribution is 2.31. The molecule has 4 heteroatoms. The van der Waals surface area contributed by atoms with Crippen molar-refractivity contribution in [3.05, 3.63) is 23.8 Å². The fraction of sp³-hybridized carbons (Fsp3) is 0.600. The molecule has 108 valence electrons. The van der Waals surface area contributed by atoms with E-state index in [9.17, 15) is 0 Å². The maximum absolute atomic E-state index is 5.67. The van der Waals surface area contributed by atoms with Crippen molar-refractivity contribution in [2.24, 2.45) is 5.92 Å². The summed E-state index contributed by atoms with van der Waals surface area (Å²) in [5, 5.41) is 3.41. The summed E-state index contributed by atoms with van der Waals surface area (Å²) in [6.45, 7) is 8.93. The number of benzene rings is 1. The highest BCUT2D eigenvalue weighted by atomic mass is 16.7. The van der Waals surface area contributed by atoms with Gasteiger partial charge >= 0.3 is 0 Å². The number of para-hydroxylation sites is 1. The third kappa shape index (κ3) is 5.49. The van der Waals surface area contributed by atoms with Gasteiger partial charge in [-0.15, -0.1) is 0 Å². The van der Waals surface area contributed by atoms with Crippen molar-refractivity contribution in [1.29, 1.82) is 0 Å². The molecule has 1 aromatic carbocycles. The number of rotatable bonds is 9. The second kappa shape index (κ2) is 8.77. The minimum Gasteiger partial charge on any atom is -0.493 e. The van der Waals surface area contributed by atoms with Crippen LogP contribution in [0.25, 0.3) is 0 Å². The second-order valence-electron chi connectivity index (χ2n) is 4.73. The molecule has 19 heavy (non-hydrogen) atoms. The summed E-state index contributed by atoms with van der Waals surface area (Å²) in [6.07, 6.45) is 0. The second-order valence-corrected chi connectivity index (χ2v) is 4.73. The van der Waals surface area contributed by atoms with Crippen LogP contribution in [-0.2, 0) is 11.3 Å². The Bertz CT molecular complexity index is 366. The molecule has 0 atom stereocenters. The molecule has 0 aromatic heterocycles. The van der Waals surface area contributed by atoms with Crippen molar-refractivity contribution >= 4 is 0 Å². The molecule has 0 aliphatic carbocycles. The average Bonchev–Trinajstić information content (AvgIpc) is 2.39. The fourth-order valence-corrected chi connectivity index (χ4v) is 1.70. The molecular weight excluding hydrogens is 242 g/mol. The van der Waals surface area contributed by atoms with Gasteiger partial charge in [0.25, 0.3) is 0 Å². The van der Waals surface area contributed by atoms with Crippen molar-refractivity contribution in [1.82, 2.24) is 5.32 Å². The molecule has 0 heterocycles. The third-order valence-corrected chi connectivity index (χ3v) is 2.64. The molecule has 0 saturated carbocycles. The van der Waals surface area contributed by atoms with Gasteiger partial charge in [-0.1, -0.05) is 26.0 Å². The lowest BCUT2D eigenvalue weighted by molar-refractivity contribution is 0.0202. The number of hydrogen-bond acceptors (Lipinski definition) is 4. The van der Waals surface area contributed by atoms with Crippen LogP contribution in [0.1, 0.15) is 26.3 Å². The van der Waals surface area contributed by atoms with Gasteiger partial charge in [0.05, 0.1) is 7.11 Å². The number of hydrogen-bond donors (Lipinski definition) is 1. The molecule has 0 bridgehead atoms. The van der Waals surface area contributed by atoms with Gasteiger partial charge in [0.15, 0.2) is 18.3 Å². The van der Waals surface area contributed by atoms with Gasteiger partial charge in [0, 0.05) is 18.7 Å². The van der Waals surface area contributed by atoms with Gasteiger partial charge in [0.2, 0.25) is 0 Å². The maximum Gasteiger partial charge on any atom is 0.189 e.